The summed E-state index contributed by atoms with van der Waals surface area (Å²) in [6.07, 6.45) is 4.00. The number of benzene rings is 2. The summed E-state index contributed by atoms with van der Waals surface area (Å²) in [5.41, 5.74) is 5.21. The van der Waals surface area contributed by atoms with Gasteiger partial charge in [-0.15, -0.1) is 0 Å². The van der Waals surface area contributed by atoms with Crippen LogP contribution >= 0.6 is 0 Å². The zero-order valence-electron chi connectivity index (χ0n) is 16.1. The smallest absolute Gasteiger partial charge is 0.253 e. The Morgan fingerprint density at radius 1 is 0.862 bits per heavy atom. The van der Waals surface area contributed by atoms with Crippen LogP contribution in [0.25, 0.3) is 11.1 Å². The third kappa shape index (κ3) is 3.94. The summed E-state index contributed by atoms with van der Waals surface area (Å²) in [6, 6.07) is 20.2. The van der Waals surface area contributed by atoms with Crippen LogP contribution in [-0.2, 0) is 6.42 Å². The predicted octanol–water partition coefficient (Wildman–Crippen LogP) is 4.05. The Balaban J connectivity index is 1.44. The van der Waals surface area contributed by atoms with Crippen LogP contribution in [0, 0.1) is 6.92 Å². The lowest BCUT2D eigenvalue weighted by atomic mass is 9.98. The van der Waals surface area contributed by atoms with Crippen LogP contribution in [0.1, 0.15) is 11.1 Å². The van der Waals surface area contributed by atoms with Gasteiger partial charge in [0.2, 0.25) is 0 Å². The molecule has 0 bridgehead atoms. The van der Waals surface area contributed by atoms with Crippen LogP contribution in [0.5, 0.6) is 0 Å². The minimum absolute atomic E-state index is 0.315. The highest BCUT2D eigenvalue weighted by Gasteiger charge is 2.20. The zero-order chi connectivity index (χ0) is 20.2. The minimum Gasteiger partial charge on any atom is -0.380 e. The van der Waals surface area contributed by atoms with E-state index in [2.05, 4.69) is 52.9 Å². The third-order valence-corrected chi connectivity index (χ3v) is 4.96. The van der Waals surface area contributed by atoms with E-state index in [1.54, 1.807) is 24.5 Å². The summed E-state index contributed by atoms with van der Waals surface area (Å²) in [6.45, 7) is 2.67. The Bertz CT molecular complexity index is 1210. The summed E-state index contributed by atoms with van der Waals surface area (Å²) >= 11 is 0. The van der Waals surface area contributed by atoms with E-state index in [9.17, 15) is 9.59 Å². The Labute approximate surface area is 168 Å². The molecule has 0 aliphatic carbocycles. The van der Waals surface area contributed by atoms with Gasteiger partial charge in [-0.2, -0.15) is 0 Å². The van der Waals surface area contributed by atoms with Crippen molar-refractivity contribution in [1.29, 1.82) is 0 Å². The van der Waals surface area contributed by atoms with E-state index in [0.717, 1.165) is 12.1 Å². The molecule has 5 nitrogen and oxygen atoms in total. The maximum atomic E-state index is 12.0. The third-order valence-electron chi connectivity index (χ3n) is 4.96. The molecule has 29 heavy (non-hydrogen) atoms. The fraction of sp³-hybridized carbons (Fsp3) is 0.125. The number of aromatic nitrogens is 1. The van der Waals surface area contributed by atoms with Gasteiger partial charge in [0.05, 0.1) is 0 Å². The first-order valence-electron chi connectivity index (χ1n) is 9.52. The van der Waals surface area contributed by atoms with Crippen LogP contribution in [0.3, 0.4) is 0 Å². The van der Waals surface area contributed by atoms with Crippen LogP contribution in [0.4, 0.5) is 17.1 Å². The molecule has 1 heterocycles. The number of hydrogen-bond donors (Lipinski definition) is 2. The summed E-state index contributed by atoms with van der Waals surface area (Å²) in [4.78, 5) is 27.8. The number of nitrogens with one attached hydrogen (secondary N) is 2. The van der Waals surface area contributed by atoms with Gasteiger partial charge in [-0.25, -0.2) is 0 Å². The second-order valence-corrected chi connectivity index (χ2v) is 6.96. The first kappa shape index (κ1) is 18.6. The Kier molecular flexibility index (Phi) is 5.20. The number of rotatable bonds is 7. The lowest BCUT2D eigenvalue weighted by Gasteiger charge is -2.15. The first-order valence-corrected chi connectivity index (χ1v) is 9.52. The summed E-state index contributed by atoms with van der Waals surface area (Å²) in [5.74, 6) is 0. The molecule has 4 aromatic rings. The molecule has 0 unspecified atom stereocenters. The van der Waals surface area contributed by atoms with Gasteiger partial charge in [0.1, 0.15) is 11.4 Å². The van der Waals surface area contributed by atoms with E-state index in [1.807, 2.05) is 18.2 Å². The van der Waals surface area contributed by atoms with Crippen molar-refractivity contribution in [3.63, 3.8) is 0 Å². The highest BCUT2D eigenvalue weighted by molar-refractivity contribution is 5.78. The maximum absolute atomic E-state index is 12.0. The SMILES string of the molecule is Cc1ccccc1-c1cccc(CCNc2c(Nc3ccncc3)c(=O)c2=O)c1. The molecule has 0 spiro atoms. The Morgan fingerprint density at radius 2 is 1.62 bits per heavy atom. The lowest BCUT2D eigenvalue weighted by molar-refractivity contribution is 1.01. The molecular formula is C24H21N3O2. The lowest BCUT2D eigenvalue weighted by Crippen LogP contribution is -2.37. The molecule has 0 atom stereocenters. The number of nitrogens with zero attached hydrogens (tertiary/aromatic N) is 1. The highest BCUT2D eigenvalue weighted by Crippen LogP contribution is 2.24. The van der Waals surface area contributed by atoms with Gasteiger partial charge < -0.3 is 10.6 Å². The summed E-state index contributed by atoms with van der Waals surface area (Å²) < 4.78 is 0. The number of aryl methyl sites for hydroxylation is 1. The van der Waals surface area contributed by atoms with E-state index < -0.39 is 10.9 Å². The Hall–Kier alpha value is -3.73. The fourth-order valence-electron chi connectivity index (χ4n) is 3.38. The van der Waals surface area contributed by atoms with E-state index >= 15 is 0 Å². The summed E-state index contributed by atoms with van der Waals surface area (Å²) in [7, 11) is 0. The monoisotopic (exact) mass is 383 g/mol. The van der Waals surface area contributed by atoms with E-state index in [1.165, 1.54) is 22.3 Å². The molecule has 0 amide bonds. The van der Waals surface area contributed by atoms with Gasteiger partial charge in [0, 0.05) is 24.6 Å². The molecule has 2 N–H and O–H groups in total. The number of anilines is 3. The highest BCUT2D eigenvalue weighted by atomic mass is 16.2. The van der Waals surface area contributed by atoms with Crippen molar-refractivity contribution in [3.8, 4) is 11.1 Å². The van der Waals surface area contributed by atoms with Crippen molar-refractivity contribution in [1.82, 2.24) is 4.98 Å². The van der Waals surface area contributed by atoms with E-state index in [0.29, 0.717) is 17.9 Å². The zero-order valence-corrected chi connectivity index (χ0v) is 16.1. The average Bonchev–Trinajstić information content (AvgIpc) is 2.76. The largest absolute Gasteiger partial charge is 0.380 e. The van der Waals surface area contributed by atoms with Crippen molar-refractivity contribution >= 4 is 17.1 Å². The van der Waals surface area contributed by atoms with Crippen LogP contribution < -0.4 is 21.5 Å². The van der Waals surface area contributed by atoms with Gasteiger partial charge in [-0.3, -0.25) is 14.6 Å². The van der Waals surface area contributed by atoms with Crippen molar-refractivity contribution in [2.75, 3.05) is 17.2 Å². The van der Waals surface area contributed by atoms with E-state index in [-0.39, 0.29) is 0 Å². The molecule has 4 rings (SSSR count). The van der Waals surface area contributed by atoms with Crippen molar-refractivity contribution in [3.05, 3.63) is 105 Å². The van der Waals surface area contributed by atoms with Crippen molar-refractivity contribution < 1.29 is 0 Å². The molecule has 0 saturated heterocycles. The van der Waals surface area contributed by atoms with Gasteiger partial charge >= 0.3 is 0 Å². The number of hydrogen-bond acceptors (Lipinski definition) is 5. The Morgan fingerprint density at radius 3 is 2.41 bits per heavy atom. The quantitative estimate of drug-likeness (QED) is 0.471. The molecule has 3 aromatic carbocycles. The summed E-state index contributed by atoms with van der Waals surface area (Å²) in [5, 5.41) is 6.12. The molecule has 0 aliphatic rings. The average molecular weight is 383 g/mol. The van der Waals surface area contributed by atoms with Gasteiger partial charge in [0.25, 0.3) is 10.9 Å². The fourth-order valence-corrected chi connectivity index (χ4v) is 3.38. The topological polar surface area (TPSA) is 71.1 Å². The molecule has 1 aromatic heterocycles. The molecule has 144 valence electrons. The molecular weight excluding hydrogens is 362 g/mol. The van der Waals surface area contributed by atoms with Crippen molar-refractivity contribution in [2.24, 2.45) is 0 Å². The predicted molar refractivity (Wildman–Crippen MR) is 118 cm³/mol. The van der Waals surface area contributed by atoms with Crippen LogP contribution in [0.2, 0.25) is 0 Å². The molecule has 0 aliphatic heterocycles. The van der Waals surface area contributed by atoms with Crippen molar-refractivity contribution in [2.45, 2.75) is 13.3 Å². The maximum Gasteiger partial charge on any atom is 0.253 e. The number of pyridine rings is 1. The van der Waals surface area contributed by atoms with Gasteiger partial charge in [-0.1, -0.05) is 48.5 Å². The van der Waals surface area contributed by atoms with Gasteiger partial charge in [0.15, 0.2) is 0 Å². The first-order chi connectivity index (χ1) is 14.1. The van der Waals surface area contributed by atoms with Crippen LogP contribution in [0.15, 0.2) is 82.6 Å². The molecule has 0 radical (unpaired) electrons. The second kappa shape index (κ2) is 8.10. The molecule has 5 heteroatoms. The van der Waals surface area contributed by atoms with Gasteiger partial charge in [-0.05, 0) is 47.7 Å². The van der Waals surface area contributed by atoms with E-state index in [4.69, 9.17) is 0 Å². The minimum atomic E-state index is -0.495. The second-order valence-electron chi connectivity index (χ2n) is 6.96. The van der Waals surface area contributed by atoms with Crippen LogP contribution in [-0.4, -0.2) is 11.5 Å². The standard InChI is InChI=1S/C24H21N3O2/c1-16-5-2-3-8-20(16)18-7-4-6-17(15-18)9-14-26-21-22(24(29)23(21)28)27-19-10-12-25-13-11-19/h2-8,10-13,15,26H,9,14H2,1H3,(H,25,27). The molecule has 0 fully saturated rings. The molecule has 0 saturated carbocycles. The normalized spacial score (nSPS) is 10.8.